The number of aromatic nitrogens is 1. The van der Waals surface area contributed by atoms with Crippen LogP contribution in [-0.2, 0) is 6.42 Å². The van der Waals surface area contributed by atoms with E-state index in [1.165, 1.54) is 4.88 Å². The van der Waals surface area contributed by atoms with Crippen molar-refractivity contribution >= 4 is 29.0 Å². The lowest BCUT2D eigenvalue weighted by atomic mass is 10.2. The lowest BCUT2D eigenvalue weighted by Crippen LogP contribution is -2.25. The molecular weight excluding hydrogens is 316 g/mol. The summed E-state index contributed by atoms with van der Waals surface area (Å²) < 4.78 is 5.82. The third-order valence-corrected chi connectivity index (χ3v) is 5.48. The van der Waals surface area contributed by atoms with Crippen molar-refractivity contribution in [3.05, 3.63) is 46.3 Å². The molecule has 1 fully saturated rings. The molecule has 1 atom stereocenters. The molecule has 0 bridgehead atoms. The second-order valence-electron chi connectivity index (χ2n) is 5.07. The van der Waals surface area contributed by atoms with E-state index in [0.29, 0.717) is 18.0 Å². The van der Waals surface area contributed by atoms with Crippen LogP contribution in [0.25, 0.3) is 0 Å². The number of carbonyl (C=O) groups is 1. The quantitative estimate of drug-likeness (QED) is 0.882. The molecule has 1 amide bonds. The predicted octanol–water partition coefficient (Wildman–Crippen LogP) is 3.00. The summed E-state index contributed by atoms with van der Waals surface area (Å²) in [5, 5.41) is 4.98. The van der Waals surface area contributed by atoms with E-state index in [0.717, 1.165) is 24.3 Å². The van der Waals surface area contributed by atoms with Crippen LogP contribution >= 0.6 is 23.1 Å². The van der Waals surface area contributed by atoms with Gasteiger partial charge in [0.2, 0.25) is 5.88 Å². The fourth-order valence-electron chi connectivity index (χ4n) is 2.25. The Labute approximate surface area is 138 Å². The summed E-state index contributed by atoms with van der Waals surface area (Å²) in [6.07, 6.45) is 3.75. The van der Waals surface area contributed by atoms with Gasteiger partial charge in [-0.3, -0.25) is 4.79 Å². The fraction of sp³-hybridized carbons (Fsp3) is 0.375. The summed E-state index contributed by atoms with van der Waals surface area (Å²) in [5.41, 5.74) is 0.599. The van der Waals surface area contributed by atoms with E-state index >= 15 is 0 Å². The van der Waals surface area contributed by atoms with Gasteiger partial charge >= 0.3 is 0 Å². The van der Waals surface area contributed by atoms with Crippen LogP contribution in [0.15, 0.2) is 35.8 Å². The predicted molar refractivity (Wildman–Crippen MR) is 91.0 cm³/mol. The summed E-state index contributed by atoms with van der Waals surface area (Å²) in [4.78, 5) is 17.6. The summed E-state index contributed by atoms with van der Waals surface area (Å²) in [5.74, 6) is 2.59. The van der Waals surface area contributed by atoms with E-state index < -0.39 is 0 Å². The standard InChI is InChI=1S/C16H18N2O2S2/c19-16(18-7-4-14-2-1-8-22-14)12-3-6-17-15(10-12)20-13-5-9-21-11-13/h1-3,6,8,10,13H,4-5,7,9,11H2,(H,18,19)/t13-/m1/s1. The van der Waals surface area contributed by atoms with Gasteiger partial charge in [-0.1, -0.05) is 6.07 Å². The summed E-state index contributed by atoms with van der Waals surface area (Å²) >= 11 is 3.60. The Kier molecular flexibility index (Phi) is 5.34. The maximum Gasteiger partial charge on any atom is 0.251 e. The van der Waals surface area contributed by atoms with E-state index in [1.807, 2.05) is 23.2 Å². The van der Waals surface area contributed by atoms with Crippen LogP contribution in [-0.4, -0.2) is 35.0 Å². The molecule has 1 N–H and O–H groups in total. The molecule has 0 aliphatic carbocycles. The monoisotopic (exact) mass is 334 g/mol. The highest BCUT2D eigenvalue weighted by Crippen LogP contribution is 2.22. The van der Waals surface area contributed by atoms with Crippen LogP contribution in [0.1, 0.15) is 21.7 Å². The average molecular weight is 334 g/mol. The molecule has 3 heterocycles. The SMILES string of the molecule is O=C(NCCc1cccs1)c1ccnc(O[C@@H]2CCSC2)c1. The van der Waals surface area contributed by atoms with Gasteiger partial charge in [0.15, 0.2) is 0 Å². The molecule has 0 aromatic carbocycles. The van der Waals surface area contributed by atoms with Gasteiger partial charge < -0.3 is 10.1 Å². The molecule has 4 nitrogen and oxygen atoms in total. The molecule has 1 aliphatic rings. The Bertz CT molecular complexity index is 610. The molecule has 0 radical (unpaired) electrons. The highest BCUT2D eigenvalue weighted by Gasteiger charge is 2.18. The Hall–Kier alpha value is -1.53. The lowest BCUT2D eigenvalue weighted by molar-refractivity contribution is 0.0953. The molecule has 6 heteroatoms. The van der Waals surface area contributed by atoms with Gasteiger partial charge in [0.1, 0.15) is 6.10 Å². The Morgan fingerprint density at radius 2 is 2.41 bits per heavy atom. The average Bonchev–Trinajstić information content (AvgIpc) is 3.21. The smallest absolute Gasteiger partial charge is 0.251 e. The summed E-state index contributed by atoms with van der Waals surface area (Å²) in [6, 6.07) is 7.55. The topological polar surface area (TPSA) is 51.2 Å². The van der Waals surface area contributed by atoms with E-state index in [2.05, 4.69) is 16.4 Å². The van der Waals surface area contributed by atoms with Gasteiger partial charge in [-0.05, 0) is 36.1 Å². The van der Waals surface area contributed by atoms with Gasteiger partial charge in [0, 0.05) is 35.0 Å². The fourth-order valence-corrected chi connectivity index (χ4v) is 4.05. The number of thiophene rings is 1. The minimum absolute atomic E-state index is 0.0791. The first kappa shape index (κ1) is 15.4. The molecule has 0 saturated carbocycles. The molecule has 0 unspecified atom stereocenters. The first-order valence-corrected chi connectivity index (χ1v) is 9.36. The van der Waals surface area contributed by atoms with Gasteiger partial charge in [-0.25, -0.2) is 4.98 Å². The van der Waals surface area contributed by atoms with E-state index in [-0.39, 0.29) is 12.0 Å². The second kappa shape index (κ2) is 7.65. The number of hydrogen-bond acceptors (Lipinski definition) is 5. The van der Waals surface area contributed by atoms with Crippen molar-refractivity contribution in [2.45, 2.75) is 18.9 Å². The first-order valence-electron chi connectivity index (χ1n) is 7.32. The summed E-state index contributed by atoms with van der Waals surface area (Å²) in [6.45, 7) is 0.636. The highest BCUT2D eigenvalue weighted by molar-refractivity contribution is 7.99. The zero-order valence-electron chi connectivity index (χ0n) is 12.2. The van der Waals surface area contributed by atoms with Crippen LogP contribution in [0, 0.1) is 0 Å². The van der Waals surface area contributed by atoms with Crippen molar-refractivity contribution < 1.29 is 9.53 Å². The van der Waals surface area contributed by atoms with Crippen molar-refractivity contribution in [1.82, 2.24) is 10.3 Å². The number of nitrogens with one attached hydrogen (secondary N) is 1. The molecule has 116 valence electrons. The molecule has 2 aromatic heterocycles. The minimum atomic E-state index is -0.0791. The minimum Gasteiger partial charge on any atom is -0.473 e. The van der Waals surface area contributed by atoms with E-state index in [1.54, 1.807) is 29.7 Å². The number of hydrogen-bond donors (Lipinski definition) is 1. The van der Waals surface area contributed by atoms with Gasteiger partial charge in [-0.2, -0.15) is 11.8 Å². The maximum atomic E-state index is 12.2. The molecule has 2 aromatic rings. The number of ether oxygens (including phenoxy) is 1. The van der Waals surface area contributed by atoms with Crippen LogP contribution in [0.2, 0.25) is 0 Å². The zero-order valence-corrected chi connectivity index (χ0v) is 13.8. The lowest BCUT2D eigenvalue weighted by Gasteiger charge is -2.12. The largest absolute Gasteiger partial charge is 0.473 e. The Morgan fingerprint density at radius 3 is 3.18 bits per heavy atom. The van der Waals surface area contributed by atoms with Crippen LogP contribution < -0.4 is 10.1 Å². The number of rotatable bonds is 6. The van der Waals surface area contributed by atoms with E-state index in [4.69, 9.17) is 4.74 Å². The van der Waals surface area contributed by atoms with Crippen molar-refractivity contribution in [2.75, 3.05) is 18.1 Å². The molecular formula is C16H18N2O2S2. The van der Waals surface area contributed by atoms with Crippen molar-refractivity contribution in [2.24, 2.45) is 0 Å². The van der Waals surface area contributed by atoms with Crippen molar-refractivity contribution in [1.29, 1.82) is 0 Å². The number of pyridine rings is 1. The number of nitrogens with zero attached hydrogens (tertiary/aromatic N) is 1. The maximum absolute atomic E-state index is 12.2. The van der Waals surface area contributed by atoms with Crippen LogP contribution in [0.4, 0.5) is 0 Å². The molecule has 1 saturated heterocycles. The number of amides is 1. The van der Waals surface area contributed by atoms with Gasteiger partial charge in [0.05, 0.1) is 0 Å². The van der Waals surface area contributed by atoms with E-state index in [9.17, 15) is 4.79 Å². The Morgan fingerprint density at radius 1 is 1.45 bits per heavy atom. The first-order chi connectivity index (χ1) is 10.8. The van der Waals surface area contributed by atoms with Gasteiger partial charge in [-0.15, -0.1) is 11.3 Å². The van der Waals surface area contributed by atoms with Crippen molar-refractivity contribution in [3.8, 4) is 5.88 Å². The number of carbonyl (C=O) groups excluding carboxylic acids is 1. The molecule has 22 heavy (non-hydrogen) atoms. The Balaban J connectivity index is 1.52. The highest BCUT2D eigenvalue weighted by atomic mass is 32.2. The summed E-state index contributed by atoms with van der Waals surface area (Å²) in [7, 11) is 0. The van der Waals surface area contributed by atoms with Crippen molar-refractivity contribution in [3.63, 3.8) is 0 Å². The second-order valence-corrected chi connectivity index (χ2v) is 7.25. The normalized spacial score (nSPS) is 17.4. The van der Waals surface area contributed by atoms with Gasteiger partial charge in [0.25, 0.3) is 5.91 Å². The molecule has 3 rings (SSSR count). The number of thioether (sulfide) groups is 1. The van der Waals surface area contributed by atoms with Crippen LogP contribution in [0.3, 0.4) is 0 Å². The molecule has 0 spiro atoms. The molecule has 1 aliphatic heterocycles. The van der Waals surface area contributed by atoms with Crippen LogP contribution in [0.5, 0.6) is 5.88 Å². The zero-order chi connectivity index (χ0) is 15.2. The third-order valence-electron chi connectivity index (χ3n) is 3.41. The third kappa shape index (κ3) is 4.24.